The van der Waals surface area contributed by atoms with E-state index in [0.29, 0.717) is 18.4 Å². The van der Waals surface area contributed by atoms with Gasteiger partial charge in [0.2, 0.25) is 0 Å². The lowest BCUT2D eigenvalue weighted by Crippen LogP contribution is -2.20. The first-order chi connectivity index (χ1) is 7.26. The van der Waals surface area contributed by atoms with Gasteiger partial charge < -0.3 is 15.2 Å². The molecular formula is C12H17NO2. The van der Waals surface area contributed by atoms with E-state index in [4.69, 9.17) is 15.2 Å². The van der Waals surface area contributed by atoms with E-state index in [1.807, 2.05) is 12.1 Å². The van der Waals surface area contributed by atoms with Crippen LogP contribution in [0.1, 0.15) is 18.4 Å². The molecule has 82 valence electrons. The van der Waals surface area contributed by atoms with Gasteiger partial charge in [-0.2, -0.15) is 0 Å². The molecule has 3 heteroatoms. The molecule has 2 N–H and O–H groups in total. The molecule has 0 saturated heterocycles. The highest BCUT2D eigenvalue weighted by Gasteiger charge is 2.28. The molecule has 2 rings (SSSR count). The monoisotopic (exact) mass is 207 g/mol. The third kappa shape index (κ3) is 1.79. The Balaban J connectivity index is 2.28. The van der Waals surface area contributed by atoms with Gasteiger partial charge in [0, 0.05) is 17.5 Å². The van der Waals surface area contributed by atoms with Gasteiger partial charge in [-0.15, -0.1) is 0 Å². The van der Waals surface area contributed by atoms with Crippen LogP contribution in [0.15, 0.2) is 18.2 Å². The van der Waals surface area contributed by atoms with E-state index in [1.54, 1.807) is 7.11 Å². The maximum Gasteiger partial charge on any atom is 0.126 e. The lowest BCUT2D eigenvalue weighted by Gasteiger charge is -2.15. The fourth-order valence-electron chi connectivity index (χ4n) is 1.98. The first-order valence-electron chi connectivity index (χ1n) is 5.27. The van der Waals surface area contributed by atoms with Gasteiger partial charge in [-0.25, -0.2) is 0 Å². The summed E-state index contributed by atoms with van der Waals surface area (Å²) in [5.74, 6) is 2.67. The highest BCUT2D eigenvalue weighted by atomic mass is 16.5. The minimum Gasteiger partial charge on any atom is -0.497 e. The van der Waals surface area contributed by atoms with E-state index in [9.17, 15) is 0 Å². The number of fused-ring (bicyclic) bond motifs is 1. The van der Waals surface area contributed by atoms with Crippen LogP contribution in [0.4, 0.5) is 0 Å². The molecule has 1 aromatic carbocycles. The number of methoxy groups -OCH3 is 1. The topological polar surface area (TPSA) is 44.5 Å². The van der Waals surface area contributed by atoms with Gasteiger partial charge in [-0.05, 0) is 18.5 Å². The van der Waals surface area contributed by atoms with Crippen LogP contribution in [0.3, 0.4) is 0 Å². The van der Waals surface area contributed by atoms with Gasteiger partial charge in [-0.3, -0.25) is 0 Å². The van der Waals surface area contributed by atoms with E-state index in [1.165, 1.54) is 5.56 Å². The fourth-order valence-corrected chi connectivity index (χ4v) is 1.98. The van der Waals surface area contributed by atoms with Crippen LogP contribution in [0.5, 0.6) is 11.5 Å². The first-order valence-corrected chi connectivity index (χ1v) is 5.27. The second kappa shape index (κ2) is 4.11. The van der Waals surface area contributed by atoms with Gasteiger partial charge >= 0.3 is 0 Å². The van der Waals surface area contributed by atoms with E-state index in [0.717, 1.165) is 18.1 Å². The fraction of sp³-hybridized carbons (Fsp3) is 0.500. The molecule has 15 heavy (non-hydrogen) atoms. The second-order valence-corrected chi connectivity index (χ2v) is 4.03. The van der Waals surface area contributed by atoms with Crippen molar-refractivity contribution in [3.63, 3.8) is 0 Å². The molecule has 0 bridgehead atoms. The van der Waals surface area contributed by atoms with Crippen LogP contribution in [-0.4, -0.2) is 20.3 Å². The van der Waals surface area contributed by atoms with Gasteiger partial charge in [0.1, 0.15) is 11.5 Å². The molecule has 2 unspecified atom stereocenters. The maximum absolute atomic E-state index is 5.68. The predicted octanol–water partition coefficient (Wildman–Crippen LogP) is 1.77. The standard InChI is InChI=1S/C12H17NO2/c1-8(6-13)11-7-15-12-5-9(14-2)3-4-10(11)12/h3-5,8,11H,6-7,13H2,1-2H3. The maximum atomic E-state index is 5.68. The Labute approximate surface area is 90.2 Å². The van der Waals surface area contributed by atoms with Crippen LogP contribution in [0.2, 0.25) is 0 Å². The van der Waals surface area contributed by atoms with Crippen LogP contribution in [0.25, 0.3) is 0 Å². The van der Waals surface area contributed by atoms with Gasteiger partial charge in [-0.1, -0.05) is 13.0 Å². The molecule has 1 heterocycles. The summed E-state index contributed by atoms with van der Waals surface area (Å²) in [7, 11) is 1.66. The summed E-state index contributed by atoms with van der Waals surface area (Å²) in [6.07, 6.45) is 0. The van der Waals surface area contributed by atoms with Crippen LogP contribution in [-0.2, 0) is 0 Å². The summed E-state index contributed by atoms with van der Waals surface area (Å²) >= 11 is 0. The normalized spacial score (nSPS) is 20.6. The smallest absolute Gasteiger partial charge is 0.126 e. The Bertz CT molecular complexity index is 351. The Kier molecular flexibility index (Phi) is 2.82. The third-order valence-electron chi connectivity index (χ3n) is 3.10. The number of rotatable bonds is 3. The summed E-state index contributed by atoms with van der Waals surface area (Å²) < 4.78 is 10.8. The summed E-state index contributed by atoms with van der Waals surface area (Å²) in [6.45, 7) is 3.59. The van der Waals surface area contributed by atoms with Crippen LogP contribution in [0, 0.1) is 5.92 Å². The molecule has 0 aromatic heterocycles. The van der Waals surface area contributed by atoms with Crippen molar-refractivity contribution in [1.82, 2.24) is 0 Å². The van der Waals surface area contributed by atoms with E-state index < -0.39 is 0 Å². The third-order valence-corrected chi connectivity index (χ3v) is 3.10. The average Bonchev–Trinajstić information content (AvgIpc) is 2.70. The molecule has 0 spiro atoms. The quantitative estimate of drug-likeness (QED) is 0.821. The Hall–Kier alpha value is -1.22. The molecule has 0 amide bonds. The minimum absolute atomic E-state index is 0.427. The summed E-state index contributed by atoms with van der Waals surface area (Å²) in [5.41, 5.74) is 6.94. The number of benzene rings is 1. The highest BCUT2D eigenvalue weighted by Crippen LogP contribution is 2.39. The van der Waals surface area contributed by atoms with E-state index in [-0.39, 0.29) is 0 Å². The molecule has 2 atom stereocenters. The van der Waals surface area contributed by atoms with Crippen LogP contribution < -0.4 is 15.2 Å². The Morgan fingerprint density at radius 1 is 1.60 bits per heavy atom. The van der Waals surface area contributed by atoms with Crippen LogP contribution >= 0.6 is 0 Å². The van der Waals surface area contributed by atoms with Crippen molar-refractivity contribution >= 4 is 0 Å². The molecule has 3 nitrogen and oxygen atoms in total. The highest BCUT2D eigenvalue weighted by molar-refractivity contribution is 5.45. The Morgan fingerprint density at radius 3 is 3.07 bits per heavy atom. The molecule has 0 saturated carbocycles. The average molecular weight is 207 g/mol. The predicted molar refractivity (Wildman–Crippen MR) is 59.4 cm³/mol. The summed E-state index contributed by atoms with van der Waals surface area (Å²) in [5, 5.41) is 0. The molecule has 1 aliphatic heterocycles. The lowest BCUT2D eigenvalue weighted by molar-refractivity contribution is 0.298. The molecule has 0 radical (unpaired) electrons. The van der Waals surface area contributed by atoms with Crippen molar-refractivity contribution in [3.05, 3.63) is 23.8 Å². The van der Waals surface area contributed by atoms with Crippen molar-refractivity contribution < 1.29 is 9.47 Å². The van der Waals surface area contributed by atoms with E-state index in [2.05, 4.69) is 13.0 Å². The number of nitrogens with two attached hydrogens (primary N) is 1. The number of ether oxygens (including phenoxy) is 2. The van der Waals surface area contributed by atoms with E-state index >= 15 is 0 Å². The summed E-state index contributed by atoms with van der Waals surface area (Å²) in [6, 6.07) is 6.00. The lowest BCUT2D eigenvalue weighted by atomic mass is 9.89. The zero-order valence-electron chi connectivity index (χ0n) is 9.19. The largest absolute Gasteiger partial charge is 0.497 e. The van der Waals surface area contributed by atoms with Gasteiger partial charge in [0.25, 0.3) is 0 Å². The molecule has 0 aliphatic carbocycles. The minimum atomic E-state index is 0.427. The van der Waals surface area contributed by atoms with Crippen molar-refractivity contribution in [2.24, 2.45) is 11.7 Å². The van der Waals surface area contributed by atoms with Crippen molar-refractivity contribution in [2.75, 3.05) is 20.3 Å². The first kappa shape index (κ1) is 10.3. The second-order valence-electron chi connectivity index (χ2n) is 4.03. The van der Waals surface area contributed by atoms with Crippen molar-refractivity contribution in [1.29, 1.82) is 0 Å². The molecule has 0 fully saturated rings. The van der Waals surface area contributed by atoms with Crippen molar-refractivity contribution in [3.8, 4) is 11.5 Å². The molecular weight excluding hydrogens is 190 g/mol. The van der Waals surface area contributed by atoms with Gasteiger partial charge in [0.15, 0.2) is 0 Å². The summed E-state index contributed by atoms with van der Waals surface area (Å²) in [4.78, 5) is 0. The SMILES string of the molecule is COc1ccc2c(c1)OCC2C(C)CN. The molecule has 1 aromatic rings. The Morgan fingerprint density at radius 2 is 2.40 bits per heavy atom. The zero-order valence-corrected chi connectivity index (χ0v) is 9.19. The van der Waals surface area contributed by atoms with Gasteiger partial charge in [0.05, 0.1) is 13.7 Å². The number of hydrogen-bond acceptors (Lipinski definition) is 3. The zero-order chi connectivity index (χ0) is 10.8. The number of hydrogen-bond donors (Lipinski definition) is 1. The van der Waals surface area contributed by atoms with Crippen molar-refractivity contribution in [2.45, 2.75) is 12.8 Å². The molecule has 1 aliphatic rings.